The lowest BCUT2D eigenvalue weighted by atomic mass is 10.0. The van der Waals surface area contributed by atoms with Gasteiger partial charge in [0.05, 0.1) is 6.54 Å². The standard InChI is InChI=1S/C15H20FNO2/c1-10-3-6-13(7-14(10)16)11(2)17(9-15(18)19)8-12-4-5-12/h3,6-7,11-12H,4-5,8-9H2,1-2H3,(H,18,19). The Hall–Kier alpha value is -1.42. The fourth-order valence-electron chi connectivity index (χ4n) is 2.25. The van der Waals surface area contributed by atoms with Gasteiger partial charge in [0.2, 0.25) is 0 Å². The van der Waals surface area contributed by atoms with Crippen molar-refractivity contribution in [2.75, 3.05) is 13.1 Å². The molecule has 1 N–H and O–H groups in total. The van der Waals surface area contributed by atoms with Crippen LogP contribution in [0.15, 0.2) is 18.2 Å². The number of aliphatic carboxylic acids is 1. The Labute approximate surface area is 113 Å². The number of carbonyl (C=O) groups is 1. The highest BCUT2D eigenvalue weighted by Crippen LogP contribution is 2.32. The molecule has 4 heteroatoms. The van der Waals surface area contributed by atoms with Gasteiger partial charge in [0.25, 0.3) is 0 Å². The molecule has 1 fully saturated rings. The van der Waals surface area contributed by atoms with Crippen LogP contribution in [-0.2, 0) is 4.79 Å². The molecule has 1 aromatic rings. The molecule has 0 heterocycles. The van der Waals surface area contributed by atoms with E-state index in [0.717, 1.165) is 12.1 Å². The van der Waals surface area contributed by atoms with Crippen LogP contribution in [0.2, 0.25) is 0 Å². The van der Waals surface area contributed by atoms with Gasteiger partial charge in [-0.25, -0.2) is 4.39 Å². The molecule has 0 amide bonds. The predicted molar refractivity (Wildman–Crippen MR) is 71.5 cm³/mol. The third kappa shape index (κ3) is 3.77. The summed E-state index contributed by atoms with van der Waals surface area (Å²) in [5, 5.41) is 9.00. The molecule has 0 radical (unpaired) electrons. The van der Waals surface area contributed by atoms with Crippen LogP contribution in [-0.4, -0.2) is 29.1 Å². The van der Waals surface area contributed by atoms with E-state index in [1.165, 1.54) is 18.9 Å². The highest BCUT2D eigenvalue weighted by Gasteiger charge is 2.28. The average molecular weight is 265 g/mol. The Bertz CT molecular complexity index is 471. The molecule has 0 spiro atoms. The summed E-state index contributed by atoms with van der Waals surface area (Å²) >= 11 is 0. The van der Waals surface area contributed by atoms with Crippen molar-refractivity contribution in [2.45, 2.75) is 32.7 Å². The summed E-state index contributed by atoms with van der Waals surface area (Å²) in [4.78, 5) is 12.9. The molecule has 1 atom stereocenters. The maximum atomic E-state index is 13.6. The van der Waals surface area contributed by atoms with E-state index in [-0.39, 0.29) is 18.4 Å². The number of aryl methyl sites for hydroxylation is 1. The van der Waals surface area contributed by atoms with Gasteiger partial charge >= 0.3 is 5.97 Å². The van der Waals surface area contributed by atoms with Crippen molar-refractivity contribution in [2.24, 2.45) is 5.92 Å². The molecule has 1 aliphatic rings. The monoisotopic (exact) mass is 265 g/mol. The van der Waals surface area contributed by atoms with Crippen molar-refractivity contribution in [3.63, 3.8) is 0 Å². The molecule has 0 saturated heterocycles. The Morgan fingerprint density at radius 1 is 1.53 bits per heavy atom. The molecule has 1 aliphatic carbocycles. The zero-order valence-electron chi connectivity index (χ0n) is 11.4. The minimum Gasteiger partial charge on any atom is -0.480 e. The Kier molecular flexibility index (Phi) is 4.20. The minimum absolute atomic E-state index is 0.00711. The van der Waals surface area contributed by atoms with Gasteiger partial charge in [-0.3, -0.25) is 9.69 Å². The number of halogens is 1. The van der Waals surface area contributed by atoms with Gasteiger partial charge < -0.3 is 5.11 Å². The molecular formula is C15H20FNO2. The largest absolute Gasteiger partial charge is 0.480 e. The summed E-state index contributed by atoms with van der Waals surface area (Å²) in [5.74, 6) is -0.455. The summed E-state index contributed by atoms with van der Waals surface area (Å²) < 4.78 is 13.6. The highest BCUT2D eigenvalue weighted by molar-refractivity contribution is 5.69. The third-order valence-corrected chi connectivity index (χ3v) is 3.75. The zero-order valence-corrected chi connectivity index (χ0v) is 11.4. The lowest BCUT2D eigenvalue weighted by Gasteiger charge is -2.28. The van der Waals surface area contributed by atoms with E-state index in [2.05, 4.69) is 0 Å². The molecule has 3 nitrogen and oxygen atoms in total. The number of nitrogens with zero attached hydrogens (tertiary/aromatic N) is 1. The van der Waals surface area contributed by atoms with Crippen LogP contribution in [0.25, 0.3) is 0 Å². The molecule has 19 heavy (non-hydrogen) atoms. The SMILES string of the molecule is Cc1ccc(C(C)N(CC(=O)O)CC2CC2)cc1F. The molecule has 1 saturated carbocycles. The molecule has 0 aromatic heterocycles. The second-order valence-corrected chi connectivity index (χ2v) is 5.45. The summed E-state index contributed by atoms with van der Waals surface area (Å²) in [6.45, 7) is 4.45. The Balaban J connectivity index is 2.13. The maximum Gasteiger partial charge on any atom is 0.317 e. The number of carboxylic acids is 1. The van der Waals surface area contributed by atoms with Crippen molar-refractivity contribution in [1.29, 1.82) is 0 Å². The smallest absolute Gasteiger partial charge is 0.317 e. The first kappa shape index (κ1) is 14.0. The van der Waals surface area contributed by atoms with Crippen molar-refractivity contribution in [1.82, 2.24) is 4.90 Å². The lowest BCUT2D eigenvalue weighted by molar-refractivity contribution is -0.139. The molecule has 1 aromatic carbocycles. The Morgan fingerprint density at radius 3 is 2.74 bits per heavy atom. The second kappa shape index (κ2) is 5.70. The molecule has 104 valence electrons. The first-order valence-electron chi connectivity index (χ1n) is 6.69. The van der Waals surface area contributed by atoms with Gasteiger partial charge in [0.15, 0.2) is 0 Å². The Morgan fingerprint density at radius 2 is 2.21 bits per heavy atom. The van der Waals surface area contributed by atoms with Gasteiger partial charge in [-0.05, 0) is 49.8 Å². The first-order valence-corrected chi connectivity index (χ1v) is 6.69. The number of benzene rings is 1. The molecule has 0 aliphatic heterocycles. The van der Waals surface area contributed by atoms with Crippen molar-refractivity contribution in [3.8, 4) is 0 Å². The highest BCUT2D eigenvalue weighted by atomic mass is 19.1. The fraction of sp³-hybridized carbons (Fsp3) is 0.533. The summed E-state index contributed by atoms with van der Waals surface area (Å²) in [5.41, 5.74) is 1.45. The van der Waals surface area contributed by atoms with Gasteiger partial charge in [0, 0.05) is 12.6 Å². The van der Waals surface area contributed by atoms with Crippen LogP contribution in [0.3, 0.4) is 0 Å². The fourth-order valence-corrected chi connectivity index (χ4v) is 2.25. The number of rotatable bonds is 6. The number of carboxylic acid groups (broad SMARTS) is 1. The van der Waals surface area contributed by atoms with E-state index in [1.807, 2.05) is 17.9 Å². The normalized spacial score (nSPS) is 16.6. The molecular weight excluding hydrogens is 245 g/mol. The molecule has 2 rings (SSSR count). The summed E-state index contributed by atoms with van der Waals surface area (Å²) in [6.07, 6.45) is 2.34. The third-order valence-electron chi connectivity index (χ3n) is 3.75. The topological polar surface area (TPSA) is 40.5 Å². The van der Waals surface area contributed by atoms with Crippen molar-refractivity contribution < 1.29 is 14.3 Å². The first-order chi connectivity index (χ1) is 8.97. The van der Waals surface area contributed by atoms with Gasteiger partial charge in [-0.15, -0.1) is 0 Å². The van der Waals surface area contributed by atoms with E-state index in [0.29, 0.717) is 11.5 Å². The van der Waals surface area contributed by atoms with Crippen molar-refractivity contribution in [3.05, 3.63) is 35.1 Å². The molecule has 0 bridgehead atoms. The van der Waals surface area contributed by atoms with Crippen LogP contribution >= 0.6 is 0 Å². The molecule has 1 unspecified atom stereocenters. The van der Waals surface area contributed by atoms with Crippen molar-refractivity contribution >= 4 is 5.97 Å². The van der Waals surface area contributed by atoms with Crippen LogP contribution in [0.1, 0.15) is 36.9 Å². The zero-order chi connectivity index (χ0) is 14.0. The van der Waals surface area contributed by atoms with E-state index >= 15 is 0 Å². The van der Waals surface area contributed by atoms with Crippen LogP contribution < -0.4 is 0 Å². The number of hydrogen-bond acceptors (Lipinski definition) is 2. The van der Waals surface area contributed by atoms with Crippen LogP contribution in [0.4, 0.5) is 4.39 Å². The van der Waals surface area contributed by atoms with Gasteiger partial charge in [-0.2, -0.15) is 0 Å². The minimum atomic E-state index is -0.833. The summed E-state index contributed by atoms with van der Waals surface area (Å²) in [7, 11) is 0. The van der Waals surface area contributed by atoms with Gasteiger partial charge in [0.1, 0.15) is 5.82 Å². The number of hydrogen-bond donors (Lipinski definition) is 1. The lowest BCUT2D eigenvalue weighted by Crippen LogP contribution is -2.34. The quantitative estimate of drug-likeness (QED) is 0.859. The van der Waals surface area contributed by atoms with E-state index in [1.54, 1.807) is 13.0 Å². The summed E-state index contributed by atoms with van der Waals surface area (Å²) in [6, 6.07) is 5.07. The predicted octanol–water partition coefficient (Wildman–Crippen LogP) is 2.99. The second-order valence-electron chi connectivity index (χ2n) is 5.45. The maximum absolute atomic E-state index is 13.6. The van der Waals surface area contributed by atoms with E-state index < -0.39 is 5.97 Å². The van der Waals surface area contributed by atoms with E-state index in [9.17, 15) is 9.18 Å². The van der Waals surface area contributed by atoms with Crippen LogP contribution in [0, 0.1) is 18.7 Å². The van der Waals surface area contributed by atoms with E-state index in [4.69, 9.17) is 5.11 Å². The van der Waals surface area contributed by atoms with Gasteiger partial charge in [-0.1, -0.05) is 12.1 Å². The average Bonchev–Trinajstić information content (AvgIpc) is 3.14. The van der Waals surface area contributed by atoms with Crippen LogP contribution in [0.5, 0.6) is 0 Å².